The predicted molar refractivity (Wildman–Crippen MR) is 104 cm³/mol. The van der Waals surface area contributed by atoms with Crippen molar-refractivity contribution in [1.82, 2.24) is 0 Å². The maximum Gasteiger partial charge on any atom is 0.349 e. The van der Waals surface area contributed by atoms with E-state index in [4.69, 9.17) is 14.6 Å². The van der Waals surface area contributed by atoms with Crippen molar-refractivity contribution in [2.24, 2.45) is 0 Å². The van der Waals surface area contributed by atoms with Crippen LogP contribution in [0.15, 0.2) is 42.5 Å². The molecule has 1 fully saturated rings. The van der Waals surface area contributed by atoms with Crippen molar-refractivity contribution in [1.29, 1.82) is 0 Å². The fourth-order valence-electron chi connectivity index (χ4n) is 3.28. The second kappa shape index (κ2) is 9.16. The van der Waals surface area contributed by atoms with Crippen LogP contribution in [0.4, 0.5) is 22.0 Å². The number of rotatable bonds is 4. The van der Waals surface area contributed by atoms with Crippen molar-refractivity contribution in [3.8, 4) is 22.6 Å². The van der Waals surface area contributed by atoms with Crippen LogP contribution in [0.3, 0.4) is 0 Å². The Morgan fingerprint density at radius 2 is 1.45 bits per heavy atom. The van der Waals surface area contributed by atoms with E-state index in [-0.39, 0.29) is 11.1 Å². The fraction of sp³-hybridized carbons (Fsp3) is 0.174. The number of halogens is 5. The highest BCUT2D eigenvalue weighted by Crippen LogP contribution is 2.32. The lowest BCUT2D eigenvalue weighted by Crippen LogP contribution is -2.17. The fourth-order valence-corrected chi connectivity index (χ4v) is 3.28. The summed E-state index contributed by atoms with van der Waals surface area (Å²) in [6, 6.07) is 6.29. The molecule has 172 valence electrons. The van der Waals surface area contributed by atoms with Gasteiger partial charge in [-0.1, -0.05) is 12.1 Å². The van der Waals surface area contributed by atoms with Crippen LogP contribution in [0.2, 0.25) is 0 Å². The van der Waals surface area contributed by atoms with Gasteiger partial charge in [-0.3, -0.25) is 0 Å². The van der Waals surface area contributed by atoms with Crippen molar-refractivity contribution in [2.45, 2.75) is 12.7 Å². The van der Waals surface area contributed by atoms with Crippen molar-refractivity contribution in [2.75, 3.05) is 13.2 Å². The molecule has 10 heteroatoms. The molecule has 3 aromatic rings. The Bertz CT molecular complexity index is 1180. The van der Waals surface area contributed by atoms with Gasteiger partial charge in [0.15, 0.2) is 23.7 Å². The molecule has 0 atom stereocenters. The molecular formula is C23H15F5O5. The van der Waals surface area contributed by atoms with Crippen LogP contribution >= 0.6 is 0 Å². The molecule has 0 radical (unpaired) electrons. The zero-order valence-electron chi connectivity index (χ0n) is 16.7. The van der Waals surface area contributed by atoms with Crippen LogP contribution in [0.1, 0.15) is 28.6 Å². The third kappa shape index (κ3) is 4.67. The second-order valence-electron chi connectivity index (χ2n) is 7.11. The average molecular weight is 466 g/mol. The van der Waals surface area contributed by atoms with E-state index in [1.165, 1.54) is 12.1 Å². The number of carbonyl (C=O) groups excluding carboxylic acids is 1. The van der Waals surface area contributed by atoms with E-state index in [9.17, 15) is 26.7 Å². The van der Waals surface area contributed by atoms with Crippen molar-refractivity contribution < 1.29 is 46.1 Å². The molecule has 0 amide bonds. The van der Waals surface area contributed by atoms with Crippen LogP contribution in [-0.4, -0.2) is 24.3 Å². The van der Waals surface area contributed by atoms with Crippen molar-refractivity contribution in [3.05, 3.63) is 82.7 Å². The highest BCUT2D eigenvalue weighted by molar-refractivity contribution is 5.92. The number of esters is 1. The van der Waals surface area contributed by atoms with Gasteiger partial charge in [-0.15, -0.1) is 0 Å². The summed E-state index contributed by atoms with van der Waals surface area (Å²) in [5.41, 5.74) is -1.09. The zero-order valence-corrected chi connectivity index (χ0v) is 16.7. The van der Waals surface area contributed by atoms with Crippen LogP contribution in [0, 0.1) is 29.1 Å². The van der Waals surface area contributed by atoms with Gasteiger partial charge in [0.25, 0.3) is 0 Å². The molecule has 4 rings (SSSR count). The van der Waals surface area contributed by atoms with Crippen molar-refractivity contribution in [3.63, 3.8) is 0 Å². The van der Waals surface area contributed by atoms with E-state index in [0.29, 0.717) is 37.3 Å². The molecule has 1 heterocycles. The summed E-state index contributed by atoms with van der Waals surface area (Å²) in [6.45, 7) is 0.900. The summed E-state index contributed by atoms with van der Waals surface area (Å²) in [5.74, 6) is -10.0. The number of hydrogen-bond acceptors (Lipinski definition) is 5. The molecule has 0 bridgehead atoms. The smallest absolute Gasteiger partial charge is 0.349 e. The molecule has 1 aliphatic rings. The summed E-state index contributed by atoms with van der Waals surface area (Å²) in [5, 5.41) is 9.07. The minimum absolute atomic E-state index is 0.144. The molecule has 33 heavy (non-hydrogen) atoms. The molecule has 1 aliphatic heterocycles. The third-order valence-electron chi connectivity index (χ3n) is 4.85. The monoisotopic (exact) mass is 466 g/mol. The van der Waals surface area contributed by atoms with E-state index in [1.807, 2.05) is 0 Å². The van der Waals surface area contributed by atoms with Gasteiger partial charge in [0.05, 0.1) is 13.2 Å². The lowest BCUT2D eigenvalue weighted by molar-refractivity contribution is -0.183. The Morgan fingerprint density at radius 1 is 0.848 bits per heavy atom. The maximum atomic E-state index is 14.7. The number of carbonyl (C=O) groups is 1. The molecule has 0 unspecified atom stereocenters. The Kier molecular flexibility index (Phi) is 6.30. The number of phenols is 1. The highest BCUT2D eigenvalue weighted by Gasteiger charge is 2.24. The van der Waals surface area contributed by atoms with Crippen LogP contribution in [-0.2, 0) is 9.47 Å². The largest absolute Gasteiger partial charge is 0.503 e. The summed E-state index contributed by atoms with van der Waals surface area (Å²) < 4.78 is 86.0. The quantitative estimate of drug-likeness (QED) is 0.317. The first kappa shape index (κ1) is 22.7. The van der Waals surface area contributed by atoms with E-state index in [0.717, 1.165) is 18.2 Å². The first-order valence-electron chi connectivity index (χ1n) is 9.67. The normalized spacial score (nSPS) is 14.3. The van der Waals surface area contributed by atoms with E-state index < -0.39 is 58.4 Å². The summed E-state index contributed by atoms with van der Waals surface area (Å²) >= 11 is 0. The first-order chi connectivity index (χ1) is 15.7. The van der Waals surface area contributed by atoms with Gasteiger partial charge in [-0.25, -0.2) is 26.7 Å². The molecule has 0 aliphatic carbocycles. The lowest BCUT2D eigenvalue weighted by atomic mass is 10.0. The summed E-state index contributed by atoms with van der Waals surface area (Å²) in [6.07, 6.45) is -0.0383. The molecule has 5 nitrogen and oxygen atoms in total. The molecule has 1 N–H and O–H groups in total. The Hall–Kier alpha value is -3.50. The van der Waals surface area contributed by atoms with Gasteiger partial charge in [0, 0.05) is 23.3 Å². The lowest BCUT2D eigenvalue weighted by Gasteiger charge is -2.23. The highest BCUT2D eigenvalue weighted by atomic mass is 19.1. The Morgan fingerprint density at radius 3 is 2.03 bits per heavy atom. The first-order valence-corrected chi connectivity index (χ1v) is 9.67. The van der Waals surface area contributed by atoms with E-state index in [2.05, 4.69) is 4.74 Å². The zero-order chi connectivity index (χ0) is 23.7. The van der Waals surface area contributed by atoms with Gasteiger partial charge in [0.1, 0.15) is 28.8 Å². The molecule has 0 saturated carbocycles. The maximum absolute atomic E-state index is 14.7. The standard InChI is InChI=1S/C23H15F5O5/c24-15-6-11(23-31-4-1-5-32-23)2-3-14(15)12-7-16(25)20(17(26)8-12)22(30)33-13-9-18(27)21(29)19(28)10-13/h2-3,6-10,23,29H,1,4-5H2. The molecule has 0 aromatic heterocycles. The van der Waals surface area contributed by atoms with Gasteiger partial charge in [0.2, 0.25) is 0 Å². The molecule has 3 aromatic carbocycles. The van der Waals surface area contributed by atoms with Gasteiger partial charge < -0.3 is 19.3 Å². The Balaban J connectivity index is 1.60. The van der Waals surface area contributed by atoms with Crippen LogP contribution in [0.5, 0.6) is 11.5 Å². The van der Waals surface area contributed by atoms with E-state index >= 15 is 0 Å². The Labute approximate surface area is 183 Å². The van der Waals surface area contributed by atoms with Gasteiger partial charge >= 0.3 is 5.97 Å². The number of ether oxygens (including phenoxy) is 3. The minimum Gasteiger partial charge on any atom is -0.503 e. The molecular weight excluding hydrogens is 451 g/mol. The van der Waals surface area contributed by atoms with Gasteiger partial charge in [-0.05, 0) is 30.2 Å². The molecule has 0 spiro atoms. The molecule has 1 saturated heterocycles. The van der Waals surface area contributed by atoms with Crippen molar-refractivity contribution >= 4 is 5.97 Å². The third-order valence-corrected chi connectivity index (χ3v) is 4.85. The summed E-state index contributed by atoms with van der Waals surface area (Å²) in [7, 11) is 0. The van der Waals surface area contributed by atoms with Crippen LogP contribution < -0.4 is 4.74 Å². The topological polar surface area (TPSA) is 65.0 Å². The SMILES string of the molecule is O=C(Oc1cc(F)c(O)c(F)c1)c1c(F)cc(-c2ccc(C3OCCCO3)cc2F)cc1F. The van der Waals surface area contributed by atoms with Gasteiger partial charge in [-0.2, -0.15) is 0 Å². The average Bonchev–Trinajstić information content (AvgIpc) is 2.77. The van der Waals surface area contributed by atoms with Crippen LogP contribution in [0.25, 0.3) is 11.1 Å². The van der Waals surface area contributed by atoms with E-state index in [1.54, 1.807) is 0 Å². The predicted octanol–water partition coefficient (Wildman–Crippen LogP) is 5.41. The second-order valence-corrected chi connectivity index (χ2v) is 7.11. The number of aromatic hydroxyl groups is 1. The number of phenolic OH excluding ortho intramolecular Hbond substituents is 1. The minimum atomic E-state index is -1.58. The summed E-state index contributed by atoms with van der Waals surface area (Å²) in [4.78, 5) is 12.2. The number of benzene rings is 3. The number of hydrogen-bond donors (Lipinski definition) is 1.